The Morgan fingerprint density at radius 2 is 1.87 bits per heavy atom. The van der Waals surface area contributed by atoms with Gasteiger partial charge in [-0.15, -0.1) is 0 Å². The van der Waals surface area contributed by atoms with E-state index < -0.39 is 0 Å². The molecule has 3 aliphatic heterocycles. The summed E-state index contributed by atoms with van der Waals surface area (Å²) in [5.41, 5.74) is 7.11. The van der Waals surface area contributed by atoms with Crippen LogP contribution in [0.5, 0.6) is 0 Å². The van der Waals surface area contributed by atoms with Gasteiger partial charge in [-0.25, -0.2) is 13.9 Å². The third-order valence-electron chi connectivity index (χ3n) is 8.13. The molecule has 2 N–H and O–H groups in total. The SMILES string of the molecule is Fc1cc(N2CC3CCC2CN3)ccc1-c1ccnc2c(-c3cccc4[nH]ncc34)c(-c3ccncc3)nn12. The maximum absolute atomic E-state index is 15.9. The minimum absolute atomic E-state index is 0.270. The first-order valence-corrected chi connectivity index (χ1v) is 13.2. The van der Waals surface area contributed by atoms with Gasteiger partial charge in [-0.05, 0) is 60.9 Å². The minimum atomic E-state index is -0.270. The van der Waals surface area contributed by atoms with Gasteiger partial charge in [0.25, 0.3) is 0 Å². The molecular formula is C30H25FN8. The van der Waals surface area contributed by atoms with E-state index in [-0.39, 0.29) is 5.82 Å². The van der Waals surface area contributed by atoms with Gasteiger partial charge < -0.3 is 10.2 Å². The Morgan fingerprint density at radius 1 is 0.949 bits per heavy atom. The number of hydrogen-bond acceptors (Lipinski definition) is 6. The molecule has 7 heterocycles. The van der Waals surface area contributed by atoms with E-state index >= 15 is 4.39 Å². The zero-order valence-corrected chi connectivity index (χ0v) is 21.0. The number of piperazine rings is 1. The van der Waals surface area contributed by atoms with E-state index in [9.17, 15) is 0 Å². The molecule has 9 rings (SSSR count). The van der Waals surface area contributed by atoms with Crippen molar-refractivity contribution in [2.45, 2.75) is 24.9 Å². The fraction of sp³-hybridized carbons (Fsp3) is 0.200. The molecule has 2 atom stereocenters. The summed E-state index contributed by atoms with van der Waals surface area (Å²) in [5, 5.41) is 16.9. The van der Waals surface area contributed by atoms with Gasteiger partial charge in [-0.3, -0.25) is 10.1 Å². The highest BCUT2D eigenvalue weighted by atomic mass is 19.1. The highest BCUT2D eigenvalue weighted by Gasteiger charge is 2.33. The molecule has 9 heteroatoms. The first kappa shape index (κ1) is 22.4. The molecule has 0 spiro atoms. The van der Waals surface area contributed by atoms with Crippen LogP contribution < -0.4 is 10.2 Å². The number of hydrogen-bond donors (Lipinski definition) is 2. The van der Waals surface area contributed by atoms with E-state index in [0.29, 0.717) is 29.0 Å². The lowest BCUT2D eigenvalue weighted by atomic mass is 9.92. The smallest absolute Gasteiger partial charge is 0.164 e. The Balaban J connectivity index is 1.31. The van der Waals surface area contributed by atoms with Gasteiger partial charge >= 0.3 is 0 Å². The quantitative estimate of drug-likeness (QED) is 0.340. The Hall–Kier alpha value is -4.63. The number of fused-ring (bicyclic) bond motifs is 5. The lowest BCUT2D eigenvalue weighted by Gasteiger charge is -2.47. The van der Waals surface area contributed by atoms with Crippen molar-refractivity contribution < 1.29 is 4.39 Å². The Bertz CT molecular complexity index is 1830. The molecule has 3 aliphatic rings. The second kappa shape index (κ2) is 8.71. The molecule has 39 heavy (non-hydrogen) atoms. The predicted molar refractivity (Wildman–Crippen MR) is 149 cm³/mol. The third kappa shape index (κ3) is 3.54. The number of nitrogens with one attached hydrogen (secondary N) is 2. The van der Waals surface area contributed by atoms with Crippen molar-refractivity contribution in [2.75, 3.05) is 18.0 Å². The Morgan fingerprint density at radius 3 is 2.67 bits per heavy atom. The summed E-state index contributed by atoms with van der Waals surface area (Å²) in [6.07, 6.45) is 9.36. The molecular weight excluding hydrogens is 491 g/mol. The molecule has 2 aromatic carbocycles. The van der Waals surface area contributed by atoms with Crippen molar-refractivity contribution in [3.05, 3.63) is 85.2 Å². The van der Waals surface area contributed by atoms with Crippen molar-refractivity contribution in [3.8, 4) is 33.6 Å². The van der Waals surface area contributed by atoms with Crippen LogP contribution >= 0.6 is 0 Å². The molecule has 0 amide bonds. The van der Waals surface area contributed by atoms with Crippen LogP contribution in [0.2, 0.25) is 0 Å². The van der Waals surface area contributed by atoms with Crippen LogP contribution in [0, 0.1) is 5.82 Å². The summed E-state index contributed by atoms with van der Waals surface area (Å²) in [7, 11) is 0. The second-order valence-corrected chi connectivity index (χ2v) is 10.3. The molecule has 0 radical (unpaired) electrons. The number of aromatic nitrogens is 6. The lowest BCUT2D eigenvalue weighted by molar-refractivity contribution is 0.290. The summed E-state index contributed by atoms with van der Waals surface area (Å²) >= 11 is 0. The topological polar surface area (TPSA) is 87.0 Å². The molecule has 3 fully saturated rings. The highest BCUT2D eigenvalue weighted by molar-refractivity contribution is 6.02. The van der Waals surface area contributed by atoms with Gasteiger partial charge in [0, 0.05) is 66.0 Å². The van der Waals surface area contributed by atoms with Crippen molar-refractivity contribution in [1.29, 1.82) is 0 Å². The maximum Gasteiger partial charge on any atom is 0.164 e. The first-order chi connectivity index (χ1) is 19.2. The summed E-state index contributed by atoms with van der Waals surface area (Å²) in [6, 6.07) is 18.2. The van der Waals surface area contributed by atoms with Gasteiger partial charge in [0.2, 0.25) is 0 Å². The minimum Gasteiger partial charge on any atom is -0.366 e. The van der Waals surface area contributed by atoms with Crippen molar-refractivity contribution in [1.82, 2.24) is 35.1 Å². The van der Waals surface area contributed by atoms with Gasteiger partial charge in [-0.2, -0.15) is 10.2 Å². The van der Waals surface area contributed by atoms with Gasteiger partial charge in [-0.1, -0.05) is 12.1 Å². The highest BCUT2D eigenvalue weighted by Crippen LogP contribution is 2.39. The molecule has 0 aliphatic carbocycles. The fourth-order valence-electron chi connectivity index (χ4n) is 6.21. The van der Waals surface area contributed by atoms with Crippen molar-refractivity contribution in [2.24, 2.45) is 0 Å². The number of nitrogens with zero attached hydrogens (tertiary/aromatic N) is 6. The number of anilines is 1. The number of aromatic amines is 1. The van der Waals surface area contributed by atoms with Crippen LogP contribution in [0.15, 0.2) is 79.4 Å². The fourth-order valence-corrected chi connectivity index (χ4v) is 6.21. The largest absolute Gasteiger partial charge is 0.366 e. The molecule has 8 nitrogen and oxygen atoms in total. The molecule has 2 unspecified atom stereocenters. The normalized spacial score (nSPS) is 18.8. The number of halogens is 1. The molecule has 0 saturated carbocycles. The second-order valence-electron chi connectivity index (χ2n) is 10.3. The van der Waals surface area contributed by atoms with E-state index in [1.807, 2.05) is 54.7 Å². The van der Waals surface area contributed by atoms with Crippen LogP contribution in [0.25, 0.3) is 50.2 Å². The third-order valence-corrected chi connectivity index (χ3v) is 8.13. The van der Waals surface area contributed by atoms with Crippen LogP contribution in [0.3, 0.4) is 0 Å². The summed E-state index contributed by atoms with van der Waals surface area (Å²) in [4.78, 5) is 11.3. The zero-order chi connectivity index (χ0) is 25.9. The average molecular weight is 517 g/mol. The molecule has 3 saturated heterocycles. The summed E-state index contributed by atoms with van der Waals surface area (Å²) < 4.78 is 17.6. The van der Waals surface area contributed by atoms with Crippen LogP contribution in [-0.2, 0) is 0 Å². The standard InChI is InChI=1S/C30H25FN8/c31-25-14-20(38-17-19-4-5-21(38)15-34-19)6-7-23(25)27-10-13-33-30-28(22-2-1-3-26-24(22)16-35-36-26)29(37-39(27)30)18-8-11-32-12-9-18/h1-3,6-14,16,19,21,34H,4-5,15,17H2,(H,35,36). The maximum atomic E-state index is 15.9. The van der Waals surface area contributed by atoms with Crippen LogP contribution in [0.1, 0.15) is 12.8 Å². The molecule has 2 bridgehead atoms. The number of benzene rings is 2. The van der Waals surface area contributed by atoms with Gasteiger partial charge in [0.05, 0.1) is 23.0 Å². The Labute approximate surface area is 223 Å². The van der Waals surface area contributed by atoms with E-state index in [1.165, 1.54) is 6.42 Å². The number of H-pyrrole nitrogens is 1. The number of piperidine rings is 2. The van der Waals surface area contributed by atoms with Crippen molar-refractivity contribution >= 4 is 22.2 Å². The van der Waals surface area contributed by atoms with Crippen molar-refractivity contribution in [3.63, 3.8) is 0 Å². The van der Waals surface area contributed by atoms with E-state index in [1.54, 1.807) is 29.2 Å². The molecule has 192 valence electrons. The zero-order valence-electron chi connectivity index (χ0n) is 21.0. The van der Waals surface area contributed by atoms with Crippen LogP contribution in [-0.4, -0.2) is 55.0 Å². The monoisotopic (exact) mass is 516 g/mol. The average Bonchev–Trinajstić information content (AvgIpc) is 3.63. The van der Waals surface area contributed by atoms with E-state index in [0.717, 1.165) is 58.5 Å². The Kier molecular flexibility index (Phi) is 4.99. The molecule has 4 aromatic heterocycles. The van der Waals surface area contributed by atoms with Crippen LogP contribution in [0.4, 0.5) is 10.1 Å². The number of pyridine rings is 1. The number of rotatable bonds is 4. The van der Waals surface area contributed by atoms with Gasteiger partial charge in [0.1, 0.15) is 11.5 Å². The van der Waals surface area contributed by atoms with E-state index in [4.69, 9.17) is 10.1 Å². The summed E-state index contributed by atoms with van der Waals surface area (Å²) in [6.45, 7) is 1.87. The predicted octanol–water partition coefficient (Wildman–Crippen LogP) is 5.08. The molecule has 6 aromatic rings. The van der Waals surface area contributed by atoms with Gasteiger partial charge in [0.15, 0.2) is 5.65 Å². The lowest BCUT2D eigenvalue weighted by Crippen LogP contribution is -2.61. The van der Waals surface area contributed by atoms with E-state index in [2.05, 4.69) is 25.4 Å². The summed E-state index contributed by atoms with van der Waals surface area (Å²) in [5.74, 6) is -0.270. The first-order valence-electron chi connectivity index (χ1n) is 13.2.